The Hall–Kier alpha value is -3.45. The first-order valence-corrected chi connectivity index (χ1v) is 9.99. The fourth-order valence-electron chi connectivity index (χ4n) is 3.26. The Morgan fingerprint density at radius 1 is 0.897 bits per heavy atom. The van der Waals surface area contributed by atoms with Crippen LogP contribution in [0.2, 0.25) is 0 Å². The lowest BCUT2D eigenvalue weighted by atomic mass is 10.1. The van der Waals surface area contributed by atoms with Crippen LogP contribution in [-0.2, 0) is 6.54 Å². The minimum Gasteiger partial charge on any atom is -0.380 e. The molecule has 3 N–H and O–H groups in total. The lowest BCUT2D eigenvalue weighted by Gasteiger charge is -2.10. The Balaban J connectivity index is 1.40. The number of hydrogen-bond acceptors (Lipinski definition) is 4. The van der Waals surface area contributed by atoms with E-state index in [1.807, 2.05) is 54.7 Å². The van der Waals surface area contributed by atoms with Crippen molar-refractivity contribution in [2.24, 2.45) is 0 Å². The molecule has 2 aromatic heterocycles. The van der Waals surface area contributed by atoms with E-state index in [-0.39, 0.29) is 0 Å². The third-order valence-electron chi connectivity index (χ3n) is 4.78. The van der Waals surface area contributed by atoms with Gasteiger partial charge in [0.15, 0.2) is 11.6 Å². The Morgan fingerprint density at radius 3 is 2.62 bits per heavy atom. The van der Waals surface area contributed by atoms with E-state index in [4.69, 9.17) is 0 Å². The quantitative estimate of drug-likeness (QED) is 0.339. The molecule has 0 radical (unpaired) electrons. The lowest BCUT2D eigenvalue weighted by Crippen LogP contribution is -2.01. The summed E-state index contributed by atoms with van der Waals surface area (Å²) < 4.78 is 1.03. The first-order valence-electron chi connectivity index (χ1n) is 9.20. The van der Waals surface area contributed by atoms with Crippen LogP contribution in [0.4, 0.5) is 5.69 Å². The number of halogens is 1. The maximum atomic E-state index is 4.36. The summed E-state index contributed by atoms with van der Waals surface area (Å²) in [6, 6.07) is 22.4. The molecule has 29 heavy (non-hydrogen) atoms. The van der Waals surface area contributed by atoms with E-state index in [1.54, 1.807) is 0 Å². The molecule has 7 heteroatoms. The molecule has 0 aliphatic rings. The molecule has 2 heterocycles. The van der Waals surface area contributed by atoms with Crippen LogP contribution in [0, 0.1) is 0 Å². The third-order valence-corrected chi connectivity index (χ3v) is 5.30. The molecule has 0 saturated carbocycles. The van der Waals surface area contributed by atoms with Gasteiger partial charge >= 0.3 is 0 Å². The molecule has 0 unspecified atom stereocenters. The Kier molecular flexibility index (Phi) is 4.57. The highest BCUT2D eigenvalue weighted by molar-refractivity contribution is 9.10. The second kappa shape index (κ2) is 7.52. The van der Waals surface area contributed by atoms with Crippen molar-refractivity contribution < 1.29 is 0 Å². The van der Waals surface area contributed by atoms with Gasteiger partial charge in [0.1, 0.15) is 0 Å². The molecular formula is C22H17BrN6. The highest BCUT2D eigenvalue weighted by atomic mass is 79.9. The average molecular weight is 445 g/mol. The van der Waals surface area contributed by atoms with Crippen molar-refractivity contribution in [3.8, 4) is 22.8 Å². The fourth-order valence-corrected chi connectivity index (χ4v) is 3.52. The van der Waals surface area contributed by atoms with E-state index in [0.717, 1.165) is 43.8 Å². The van der Waals surface area contributed by atoms with E-state index < -0.39 is 0 Å². The Bertz CT molecular complexity index is 1270. The summed E-state index contributed by atoms with van der Waals surface area (Å²) in [6.07, 6.45) is 1.83. The van der Waals surface area contributed by atoms with Gasteiger partial charge in [0.05, 0.1) is 11.7 Å². The number of fused-ring (bicyclic) bond motifs is 1. The van der Waals surface area contributed by atoms with E-state index in [2.05, 4.69) is 64.8 Å². The van der Waals surface area contributed by atoms with Crippen molar-refractivity contribution in [1.29, 1.82) is 0 Å². The number of hydrogen-bond donors (Lipinski definition) is 3. The zero-order chi connectivity index (χ0) is 19.6. The van der Waals surface area contributed by atoms with Crippen molar-refractivity contribution in [3.05, 3.63) is 83.0 Å². The highest BCUT2D eigenvalue weighted by Crippen LogP contribution is 2.28. The van der Waals surface area contributed by atoms with Crippen LogP contribution < -0.4 is 5.32 Å². The van der Waals surface area contributed by atoms with Gasteiger partial charge in [-0.15, -0.1) is 10.2 Å². The molecule has 6 nitrogen and oxygen atoms in total. The minimum absolute atomic E-state index is 0.694. The standard InChI is InChI=1S/C22H17BrN6/c23-17-9-7-15(8-10-17)21-26-22(29-28-21)18-3-1-2-4-19(18)24-12-14-5-6-16-13-25-27-20(16)11-14/h1-11,13,24H,12H2,(H,25,27)(H,26,28,29). The van der Waals surface area contributed by atoms with Gasteiger partial charge in [-0.05, 0) is 35.9 Å². The van der Waals surface area contributed by atoms with Crippen LogP contribution in [0.15, 0.2) is 77.4 Å². The number of aromatic nitrogens is 5. The van der Waals surface area contributed by atoms with Crippen molar-refractivity contribution in [1.82, 2.24) is 25.4 Å². The normalized spacial score (nSPS) is 11.1. The highest BCUT2D eigenvalue weighted by Gasteiger charge is 2.11. The van der Waals surface area contributed by atoms with E-state index >= 15 is 0 Å². The number of nitrogens with one attached hydrogen (secondary N) is 3. The molecule has 0 aliphatic heterocycles. The predicted octanol–water partition coefficient (Wildman–Crippen LogP) is 5.39. The van der Waals surface area contributed by atoms with Crippen LogP contribution >= 0.6 is 15.9 Å². The molecule has 3 aromatic carbocycles. The summed E-state index contributed by atoms with van der Waals surface area (Å²) in [7, 11) is 0. The van der Waals surface area contributed by atoms with E-state index in [9.17, 15) is 0 Å². The second-order valence-electron chi connectivity index (χ2n) is 6.72. The smallest absolute Gasteiger partial charge is 0.163 e. The zero-order valence-corrected chi connectivity index (χ0v) is 16.9. The van der Waals surface area contributed by atoms with Gasteiger partial charge in [0.2, 0.25) is 0 Å². The van der Waals surface area contributed by atoms with Gasteiger partial charge in [-0.3, -0.25) is 5.10 Å². The number of para-hydroxylation sites is 1. The second-order valence-corrected chi connectivity index (χ2v) is 7.64. The summed E-state index contributed by atoms with van der Waals surface area (Å²) in [4.78, 5) is 3.33. The SMILES string of the molecule is Brc1ccc(-c2nnc(-c3ccccc3NCc3ccc4cn[nH]c4c3)[nH]2)cc1. The molecule has 0 amide bonds. The largest absolute Gasteiger partial charge is 0.380 e. The van der Waals surface area contributed by atoms with Gasteiger partial charge in [0.25, 0.3) is 0 Å². The van der Waals surface area contributed by atoms with Crippen LogP contribution in [0.3, 0.4) is 0 Å². The summed E-state index contributed by atoms with van der Waals surface area (Å²) in [5.41, 5.74) is 5.17. The number of anilines is 1. The van der Waals surface area contributed by atoms with Crippen LogP contribution in [-0.4, -0.2) is 25.4 Å². The predicted molar refractivity (Wildman–Crippen MR) is 118 cm³/mol. The number of H-pyrrole nitrogens is 2. The van der Waals surface area contributed by atoms with Gasteiger partial charge in [-0.2, -0.15) is 5.10 Å². The van der Waals surface area contributed by atoms with Gasteiger partial charge in [-0.25, -0.2) is 0 Å². The molecule has 0 aliphatic carbocycles. The van der Waals surface area contributed by atoms with Crippen LogP contribution in [0.25, 0.3) is 33.7 Å². The van der Waals surface area contributed by atoms with Crippen LogP contribution in [0.1, 0.15) is 5.56 Å². The van der Waals surface area contributed by atoms with Gasteiger partial charge in [-0.1, -0.05) is 52.3 Å². The maximum absolute atomic E-state index is 4.36. The molecule has 142 valence electrons. The fraction of sp³-hybridized carbons (Fsp3) is 0.0455. The first-order chi connectivity index (χ1) is 14.3. The summed E-state index contributed by atoms with van der Waals surface area (Å²) in [5, 5.41) is 20.4. The Labute approximate surface area is 175 Å². The number of benzene rings is 3. The monoisotopic (exact) mass is 444 g/mol. The van der Waals surface area contributed by atoms with Crippen molar-refractivity contribution >= 4 is 32.5 Å². The molecule has 0 atom stereocenters. The first kappa shape index (κ1) is 17.6. The topological polar surface area (TPSA) is 82.3 Å². The van der Waals surface area contributed by atoms with E-state index in [0.29, 0.717) is 6.54 Å². The number of nitrogens with zero attached hydrogens (tertiary/aromatic N) is 3. The molecule has 0 bridgehead atoms. The molecule has 5 rings (SSSR count). The van der Waals surface area contributed by atoms with Gasteiger partial charge in [0, 0.05) is 33.2 Å². The average Bonchev–Trinajstić information content (AvgIpc) is 3.42. The zero-order valence-electron chi connectivity index (χ0n) is 15.4. The maximum Gasteiger partial charge on any atom is 0.163 e. The molecule has 0 spiro atoms. The molecule has 0 fully saturated rings. The van der Waals surface area contributed by atoms with Crippen molar-refractivity contribution in [2.75, 3.05) is 5.32 Å². The Morgan fingerprint density at radius 2 is 1.72 bits per heavy atom. The summed E-state index contributed by atoms with van der Waals surface area (Å²) in [5.74, 6) is 1.47. The lowest BCUT2D eigenvalue weighted by molar-refractivity contribution is 1.09. The number of rotatable bonds is 5. The summed E-state index contributed by atoms with van der Waals surface area (Å²) in [6.45, 7) is 0.694. The number of aromatic amines is 2. The molecule has 0 saturated heterocycles. The van der Waals surface area contributed by atoms with Crippen LogP contribution in [0.5, 0.6) is 0 Å². The van der Waals surface area contributed by atoms with E-state index in [1.165, 1.54) is 5.56 Å². The minimum atomic E-state index is 0.694. The molecule has 5 aromatic rings. The third kappa shape index (κ3) is 3.64. The van der Waals surface area contributed by atoms with Gasteiger partial charge < -0.3 is 10.3 Å². The van der Waals surface area contributed by atoms with Crippen molar-refractivity contribution in [2.45, 2.75) is 6.54 Å². The summed E-state index contributed by atoms with van der Waals surface area (Å²) >= 11 is 3.46. The van der Waals surface area contributed by atoms with Crippen molar-refractivity contribution in [3.63, 3.8) is 0 Å². The molecular weight excluding hydrogens is 428 g/mol.